The second-order valence-electron chi connectivity index (χ2n) is 3.85. The highest BCUT2D eigenvalue weighted by Gasteiger charge is 2.12. The lowest BCUT2D eigenvalue weighted by Gasteiger charge is -1.98. The number of rotatable bonds is 3. The smallest absolute Gasteiger partial charge is 0.289 e. The van der Waals surface area contributed by atoms with E-state index in [1.54, 1.807) is 17.4 Å². The fourth-order valence-electron chi connectivity index (χ4n) is 1.63. The summed E-state index contributed by atoms with van der Waals surface area (Å²) >= 11 is 1.59. The molecule has 1 heterocycles. The number of phenolic OH excluding ortho intramolecular Hbond substituents is 2. The van der Waals surface area contributed by atoms with Crippen molar-refractivity contribution in [2.24, 2.45) is 0 Å². The summed E-state index contributed by atoms with van der Waals surface area (Å²) in [5.74, 6) is 0.282. The van der Waals surface area contributed by atoms with Crippen LogP contribution < -0.4 is 21.7 Å². The van der Waals surface area contributed by atoms with Crippen molar-refractivity contribution in [1.82, 2.24) is 5.10 Å². The SMILES string of the molecule is CC[n+]1nc(C)sc1/C=C/c1cc(O)ccc1O.[Br-]. The molecule has 0 saturated heterocycles. The average molecular weight is 343 g/mol. The molecule has 1 aromatic carbocycles. The van der Waals surface area contributed by atoms with Crippen LogP contribution in [0.15, 0.2) is 18.2 Å². The summed E-state index contributed by atoms with van der Waals surface area (Å²) in [4.78, 5) is 0. The Morgan fingerprint density at radius 2 is 2.05 bits per heavy atom. The molecule has 2 aromatic rings. The number of aromatic nitrogens is 2. The second-order valence-corrected chi connectivity index (χ2v) is 5.06. The summed E-state index contributed by atoms with van der Waals surface area (Å²) in [5, 5.41) is 25.4. The number of hydrogen-bond donors (Lipinski definition) is 2. The number of nitrogens with zero attached hydrogens (tertiary/aromatic N) is 2. The second kappa shape index (κ2) is 6.68. The highest BCUT2D eigenvalue weighted by molar-refractivity contribution is 7.11. The zero-order chi connectivity index (χ0) is 13.1. The number of phenols is 2. The fraction of sp³-hybridized carbons (Fsp3) is 0.231. The predicted octanol–water partition coefficient (Wildman–Crippen LogP) is -0.655. The highest BCUT2D eigenvalue weighted by Crippen LogP contribution is 2.24. The molecule has 0 bridgehead atoms. The Labute approximate surface area is 126 Å². The van der Waals surface area contributed by atoms with E-state index in [2.05, 4.69) is 5.10 Å². The highest BCUT2D eigenvalue weighted by atomic mass is 79.9. The van der Waals surface area contributed by atoms with Crippen LogP contribution in [0.4, 0.5) is 0 Å². The lowest BCUT2D eigenvalue weighted by molar-refractivity contribution is -0.747. The van der Waals surface area contributed by atoms with Crippen molar-refractivity contribution >= 4 is 23.5 Å². The number of hydrogen-bond acceptors (Lipinski definition) is 4. The van der Waals surface area contributed by atoms with E-state index in [1.807, 2.05) is 24.6 Å². The summed E-state index contributed by atoms with van der Waals surface area (Å²) in [5.41, 5.74) is 0.587. The maximum atomic E-state index is 9.66. The van der Waals surface area contributed by atoms with Crippen molar-refractivity contribution in [2.75, 3.05) is 0 Å². The fourth-order valence-corrected chi connectivity index (χ4v) is 2.48. The molecule has 0 saturated carbocycles. The van der Waals surface area contributed by atoms with E-state index in [4.69, 9.17) is 0 Å². The van der Waals surface area contributed by atoms with Gasteiger partial charge in [0.05, 0.1) is 0 Å². The molecule has 0 unspecified atom stereocenters. The molecular formula is C13H15BrN2O2S. The molecule has 6 heteroatoms. The molecule has 102 valence electrons. The van der Waals surface area contributed by atoms with Crippen LogP contribution in [0.1, 0.15) is 22.5 Å². The van der Waals surface area contributed by atoms with E-state index in [1.165, 1.54) is 18.2 Å². The van der Waals surface area contributed by atoms with Crippen molar-refractivity contribution in [3.8, 4) is 11.5 Å². The number of aromatic hydroxyl groups is 2. The van der Waals surface area contributed by atoms with Gasteiger partial charge in [-0.15, -0.1) is 0 Å². The van der Waals surface area contributed by atoms with Crippen molar-refractivity contribution in [2.45, 2.75) is 20.4 Å². The molecule has 0 spiro atoms. The summed E-state index contributed by atoms with van der Waals surface area (Å²) in [7, 11) is 0. The topological polar surface area (TPSA) is 57.2 Å². The minimum Gasteiger partial charge on any atom is -1.00 e. The normalized spacial score (nSPS) is 10.6. The minimum absolute atomic E-state index is 0. The van der Waals surface area contributed by atoms with Gasteiger partial charge in [0, 0.05) is 16.7 Å². The van der Waals surface area contributed by atoms with E-state index in [-0.39, 0.29) is 28.5 Å². The zero-order valence-corrected chi connectivity index (χ0v) is 13.1. The summed E-state index contributed by atoms with van der Waals surface area (Å²) in [6, 6.07) is 4.45. The summed E-state index contributed by atoms with van der Waals surface area (Å²) in [6.45, 7) is 4.79. The first-order valence-electron chi connectivity index (χ1n) is 5.67. The predicted molar refractivity (Wildman–Crippen MR) is 71.4 cm³/mol. The Balaban J connectivity index is 0.00000180. The maximum Gasteiger partial charge on any atom is 0.289 e. The van der Waals surface area contributed by atoms with Gasteiger partial charge >= 0.3 is 0 Å². The third-order valence-electron chi connectivity index (χ3n) is 2.48. The maximum absolute atomic E-state index is 9.66. The van der Waals surface area contributed by atoms with Gasteiger partial charge < -0.3 is 27.2 Å². The molecule has 0 atom stereocenters. The Kier molecular flexibility index (Phi) is 5.50. The standard InChI is InChI=1S/C13H14N2O2S.BrH/c1-3-15-13(18-9(2)14-15)7-4-10-8-11(16)5-6-12(10)17;/h4-8,16H,3H2,1-2H3;1H. The van der Waals surface area contributed by atoms with E-state index < -0.39 is 0 Å². The van der Waals surface area contributed by atoms with Crippen LogP contribution in [0.25, 0.3) is 12.2 Å². The molecule has 4 nitrogen and oxygen atoms in total. The molecule has 0 aliphatic heterocycles. The van der Waals surface area contributed by atoms with E-state index in [0.717, 1.165) is 16.6 Å². The molecular weight excluding hydrogens is 328 g/mol. The molecule has 0 fully saturated rings. The first kappa shape index (κ1) is 15.7. The van der Waals surface area contributed by atoms with Gasteiger partial charge in [-0.25, -0.2) is 0 Å². The van der Waals surface area contributed by atoms with Gasteiger partial charge in [0.25, 0.3) is 5.01 Å². The Hall–Kier alpha value is -1.40. The number of aryl methyl sites for hydroxylation is 2. The third-order valence-corrected chi connectivity index (χ3v) is 3.42. The minimum atomic E-state index is 0. The molecule has 0 aliphatic carbocycles. The molecule has 2 rings (SSSR count). The van der Waals surface area contributed by atoms with Gasteiger partial charge in [-0.3, -0.25) is 0 Å². The third kappa shape index (κ3) is 3.78. The van der Waals surface area contributed by atoms with Crippen LogP contribution in [-0.2, 0) is 6.54 Å². The molecule has 0 aliphatic rings. The number of benzene rings is 1. The van der Waals surface area contributed by atoms with Gasteiger partial charge in [-0.05, 0) is 49.5 Å². The lowest BCUT2D eigenvalue weighted by Crippen LogP contribution is -3.00. The first-order chi connectivity index (χ1) is 8.60. The van der Waals surface area contributed by atoms with Crippen LogP contribution in [0.2, 0.25) is 0 Å². The van der Waals surface area contributed by atoms with Crippen molar-refractivity contribution in [3.63, 3.8) is 0 Å². The average Bonchev–Trinajstić information content (AvgIpc) is 2.71. The zero-order valence-electron chi connectivity index (χ0n) is 10.7. The monoisotopic (exact) mass is 342 g/mol. The molecule has 19 heavy (non-hydrogen) atoms. The Bertz CT molecular complexity index is 596. The van der Waals surface area contributed by atoms with Gasteiger partial charge in [-0.2, -0.15) is 0 Å². The molecule has 2 N–H and O–H groups in total. The largest absolute Gasteiger partial charge is 1.00 e. The molecule has 0 amide bonds. The van der Waals surface area contributed by atoms with Crippen LogP contribution in [0.5, 0.6) is 11.5 Å². The molecule has 1 aromatic heterocycles. The van der Waals surface area contributed by atoms with Gasteiger partial charge in [0.2, 0.25) is 0 Å². The van der Waals surface area contributed by atoms with Crippen LogP contribution in [0.3, 0.4) is 0 Å². The Morgan fingerprint density at radius 1 is 1.32 bits per heavy atom. The van der Waals surface area contributed by atoms with Gasteiger partial charge in [0.1, 0.15) is 11.5 Å². The van der Waals surface area contributed by atoms with Gasteiger partial charge in [0.15, 0.2) is 11.6 Å². The van der Waals surface area contributed by atoms with E-state index in [0.29, 0.717) is 5.56 Å². The molecule has 0 radical (unpaired) electrons. The van der Waals surface area contributed by atoms with Crippen LogP contribution in [-0.4, -0.2) is 15.3 Å². The van der Waals surface area contributed by atoms with Crippen molar-refractivity contribution in [1.29, 1.82) is 0 Å². The quantitative estimate of drug-likeness (QED) is 0.575. The number of halogens is 1. The summed E-state index contributed by atoms with van der Waals surface area (Å²) in [6.07, 6.45) is 3.66. The lowest BCUT2D eigenvalue weighted by atomic mass is 10.2. The van der Waals surface area contributed by atoms with Crippen LogP contribution in [0, 0.1) is 6.92 Å². The van der Waals surface area contributed by atoms with E-state index >= 15 is 0 Å². The first-order valence-corrected chi connectivity index (χ1v) is 6.49. The van der Waals surface area contributed by atoms with Crippen molar-refractivity contribution < 1.29 is 31.9 Å². The van der Waals surface area contributed by atoms with Crippen molar-refractivity contribution in [3.05, 3.63) is 33.8 Å². The van der Waals surface area contributed by atoms with Gasteiger partial charge in [-0.1, -0.05) is 4.68 Å². The Morgan fingerprint density at radius 3 is 2.74 bits per heavy atom. The van der Waals surface area contributed by atoms with E-state index in [9.17, 15) is 10.2 Å². The van der Waals surface area contributed by atoms with Crippen LogP contribution >= 0.6 is 11.3 Å². The summed E-state index contributed by atoms with van der Waals surface area (Å²) < 4.78 is 1.90.